The number of aromatic nitrogens is 2. The van der Waals surface area contributed by atoms with Crippen molar-refractivity contribution in [3.63, 3.8) is 0 Å². The molecule has 1 aliphatic rings. The van der Waals surface area contributed by atoms with Crippen LogP contribution >= 0.6 is 22.9 Å². The third kappa shape index (κ3) is 3.90. The molecule has 29 heavy (non-hydrogen) atoms. The highest BCUT2D eigenvalue weighted by molar-refractivity contribution is 7.93. The van der Waals surface area contributed by atoms with Gasteiger partial charge in [-0.2, -0.15) is 9.78 Å². The number of rotatable bonds is 4. The molecule has 0 amide bonds. The van der Waals surface area contributed by atoms with Gasteiger partial charge in [0.1, 0.15) is 4.21 Å². The maximum atomic E-state index is 12.9. The molecule has 0 aliphatic carbocycles. The molecule has 0 saturated carbocycles. The van der Waals surface area contributed by atoms with Gasteiger partial charge in [0, 0.05) is 28.1 Å². The Balaban J connectivity index is 1.91. The molecule has 0 N–H and O–H groups in total. The Kier molecular flexibility index (Phi) is 5.37. The first-order valence-corrected chi connectivity index (χ1v) is 12.1. The first-order valence-electron chi connectivity index (χ1n) is 9.22. The Hall–Kier alpha value is -2.00. The van der Waals surface area contributed by atoms with Crippen molar-refractivity contribution in [3.05, 3.63) is 62.2 Å². The maximum absolute atomic E-state index is 12.9. The largest absolute Gasteiger partial charge is 0.302 e. The van der Waals surface area contributed by atoms with E-state index in [-0.39, 0.29) is 17.7 Å². The first kappa shape index (κ1) is 20.3. The standard InChI is InChI=1S/C20H20ClN3O3S2/c1-3-23(2)12-16-11-17-19-13(8-9-29(26,27)20(17)28-16)10-18(25)24(22-19)15-6-4-14(21)5-7-15/h4-7,10-11H,3,8-9,12H2,1-2H3. The van der Waals surface area contributed by atoms with Crippen LogP contribution in [0, 0.1) is 0 Å². The number of halogens is 1. The number of thiophene rings is 1. The fourth-order valence-electron chi connectivity index (χ4n) is 3.29. The van der Waals surface area contributed by atoms with Gasteiger partial charge in [0.2, 0.25) is 0 Å². The zero-order chi connectivity index (χ0) is 20.8. The molecule has 0 saturated heterocycles. The lowest BCUT2D eigenvalue weighted by Gasteiger charge is -2.12. The van der Waals surface area contributed by atoms with Crippen molar-refractivity contribution in [1.82, 2.24) is 14.7 Å². The quantitative estimate of drug-likeness (QED) is 0.610. The van der Waals surface area contributed by atoms with Crippen LogP contribution in [0.3, 0.4) is 0 Å². The lowest BCUT2D eigenvalue weighted by atomic mass is 10.1. The Morgan fingerprint density at radius 1 is 1.24 bits per heavy atom. The van der Waals surface area contributed by atoms with Crippen molar-refractivity contribution in [2.75, 3.05) is 19.3 Å². The first-order chi connectivity index (χ1) is 13.8. The van der Waals surface area contributed by atoms with Crippen LogP contribution in [0.25, 0.3) is 16.9 Å². The molecule has 0 fully saturated rings. The molecule has 0 spiro atoms. The van der Waals surface area contributed by atoms with E-state index in [0.29, 0.717) is 38.3 Å². The summed E-state index contributed by atoms with van der Waals surface area (Å²) in [5, 5.41) is 5.14. The molecule has 3 aromatic rings. The zero-order valence-electron chi connectivity index (χ0n) is 16.1. The summed E-state index contributed by atoms with van der Waals surface area (Å²) in [6.07, 6.45) is 0.271. The highest BCUT2D eigenvalue weighted by atomic mass is 35.5. The minimum absolute atomic E-state index is 0.0252. The van der Waals surface area contributed by atoms with E-state index in [0.717, 1.165) is 11.4 Å². The van der Waals surface area contributed by atoms with E-state index in [1.807, 2.05) is 13.1 Å². The Morgan fingerprint density at radius 3 is 2.66 bits per heavy atom. The summed E-state index contributed by atoms with van der Waals surface area (Å²) >= 11 is 7.25. The van der Waals surface area contributed by atoms with Crippen LogP contribution in [-0.4, -0.2) is 42.4 Å². The van der Waals surface area contributed by atoms with E-state index in [1.54, 1.807) is 24.3 Å². The van der Waals surface area contributed by atoms with Crippen molar-refractivity contribution in [3.8, 4) is 16.9 Å². The predicted octanol–water partition coefficient (Wildman–Crippen LogP) is 3.40. The van der Waals surface area contributed by atoms with Crippen LogP contribution in [-0.2, 0) is 22.8 Å². The van der Waals surface area contributed by atoms with Crippen LogP contribution in [0.1, 0.15) is 17.4 Å². The SMILES string of the molecule is CCN(C)Cc1cc2c(s1)S(=O)(=O)CCc1cc(=O)n(-c3ccc(Cl)cc3)nc1-2. The lowest BCUT2D eigenvalue weighted by molar-refractivity contribution is 0.349. The number of aryl methyl sites for hydroxylation is 1. The van der Waals surface area contributed by atoms with Gasteiger partial charge in [0.05, 0.1) is 17.1 Å². The van der Waals surface area contributed by atoms with Gasteiger partial charge in [0.15, 0.2) is 9.84 Å². The molecular weight excluding hydrogens is 430 g/mol. The third-order valence-corrected chi connectivity index (χ3v) is 8.68. The number of sulfone groups is 1. The molecule has 3 heterocycles. The summed E-state index contributed by atoms with van der Waals surface area (Å²) in [4.78, 5) is 15.7. The Labute approximate surface area is 178 Å². The van der Waals surface area contributed by atoms with Gasteiger partial charge in [0.25, 0.3) is 5.56 Å². The second-order valence-corrected chi connectivity index (χ2v) is 10.9. The van der Waals surface area contributed by atoms with E-state index in [4.69, 9.17) is 11.6 Å². The maximum Gasteiger partial charge on any atom is 0.271 e. The van der Waals surface area contributed by atoms with Gasteiger partial charge in [-0.15, -0.1) is 11.3 Å². The zero-order valence-corrected chi connectivity index (χ0v) is 18.4. The summed E-state index contributed by atoms with van der Waals surface area (Å²) < 4.78 is 27.4. The monoisotopic (exact) mass is 449 g/mol. The Morgan fingerprint density at radius 2 is 1.97 bits per heavy atom. The topological polar surface area (TPSA) is 72.3 Å². The average Bonchev–Trinajstić information content (AvgIpc) is 3.08. The van der Waals surface area contributed by atoms with Gasteiger partial charge in [-0.1, -0.05) is 18.5 Å². The Bertz CT molecular complexity index is 1230. The summed E-state index contributed by atoms with van der Waals surface area (Å²) in [5.74, 6) is -0.0252. The summed E-state index contributed by atoms with van der Waals surface area (Å²) in [7, 11) is -1.44. The van der Waals surface area contributed by atoms with Crippen LogP contribution in [0.5, 0.6) is 0 Å². The summed E-state index contributed by atoms with van der Waals surface area (Å²) in [5.41, 5.74) is 2.09. The van der Waals surface area contributed by atoms with E-state index in [1.165, 1.54) is 22.1 Å². The van der Waals surface area contributed by atoms with Crippen molar-refractivity contribution in [1.29, 1.82) is 0 Å². The predicted molar refractivity (Wildman–Crippen MR) is 116 cm³/mol. The van der Waals surface area contributed by atoms with Crippen LogP contribution in [0.4, 0.5) is 0 Å². The van der Waals surface area contributed by atoms with E-state index >= 15 is 0 Å². The summed E-state index contributed by atoms with van der Waals surface area (Å²) in [6, 6.07) is 10.2. The minimum Gasteiger partial charge on any atom is -0.302 e. The normalized spacial score (nSPS) is 15.0. The molecule has 1 aromatic carbocycles. The number of hydrogen-bond donors (Lipinski definition) is 0. The van der Waals surface area contributed by atoms with E-state index in [9.17, 15) is 13.2 Å². The van der Waals surface area contributed by atoms with Crippen LogP contribution in [0.15, 0.2) is 45.4 Å². The van der Waals surface area contributed by atoms with E-state index < -0.39 is 9.84 Å². The molecule has 9 heteroatoms. The number of hydrogen-bond acceptors (Lipinski definition) is 6. The number of benzene rings is 1. The van der Waals surface area contributed by atoms with Gasteiger partial charge in [-0.3, -0.25) is 4.79 Å². The molecule has 4 rings (SSSR count). The summed E-state index contributed by atoms with van der Waals surface area (Å²) in [6.45, 7) is 3.58. The second-order valence-electron chi connectivity index (χ2n) is 7.06. The van der Waals surface area contributed by atoms with Crippen molar-refractivity contribution in [2.24, 2.45) is 0 Å². The molecule has 6 nitrogen and oxygen atoms in total. The molecule has 0 atom stereocenters. The highest BCUT2D eigenvalue weighted by Crippen LogP contribution is 2.39. The number of nitrogens with zero attached hydrogens (tertiary/aromatic N) is 3. The average molecular weight is 450 g/mol. The molecular formula is C20H20ClN3O3S2. The molecule has 0 unspecified atom stereocenters. The second kappa shape index (κ2) is 7.68. The molecule has 2 aromatic heterocycles. The van der Waals surface area contributed by atoms with Gasteiger partial charge < -0.3 is 4.90 Å². The lowest BCUT2D eigenvalue weighted by Crippen LogP contribution is -2.22. The van der Waals surface area contributed by atoms with Crippen LogP contribution in [0.2, 0.25) is 5.02 Å². The smallest absolute Gasteiger partial charge is 0.271 e. The third-order valence-electron chi connectivity index (χ3n) is 4.97. The molecule has 1 aliphatic heterocycles. The van der Waals surface area contributed by atoms with E-state index in [2.05, 4.69) is 16.9 Å². The van der Waals surface area contributed by atoms with Gasteiger partial charge in [-0.25, -0.2) is 8.42 Å². The highest BCUT2D eigenvalue weighted by Gasteiger charge is 2.30. The van der Waals surface area contributed by atoms with Gasteiger partial charge >= 0.3 is 0 Å². The van der Waals surface area contributed by atoms with Crippen molar-refractivity contribution < 1.29 is 8.42 Å². The molecule has 0 bridgehead atoms. The molecule has 152 valence electrons. The van der Waals surface area contributed by atoms with Crippen LogP contribution < -0.4 is 5.56 Å². The number of fused-ring (bicyclic) bond motifs is 3. The van der Waals surface area contributed by atoms with Gasteiger partial charge in [-0.05, 0) is 55.9 Å². The fraction of sp³-hybridized carbons (Fsp3) is 0.300. The minimum atomic E-state index is -3.43. The molecule has 0 radical (unpaired) electrons. The van der Waals surface area contributed by atoms with Crippen molar-refractivity contribution >= 4 is 32.8 Å². The van der Waals surface area contributed by atoms with Crippen molar-refractivity contribution in [2.45, 2.75) is 24.1 Å². The fourth-order valence-corrected chi connectivity index (χ4v) is 6.62.